The molecular formula is C20H22BrN3O6. The van der Waals surface area contributed by atoms with Gasteiger partial charge in [0.15, 0.2) is 0 Å². The van der Waals surface area contributed by atoms with Crippen molar-refractivity contribution >= 4 is 39.2 Å². The zero-order chi connectivity index (χ0) is 22.1. The number of hydrogen-bond acceptors (Lipinski definition) is 7. The van der Waals surface area contributed by atoms with Crippen molar-refractivity contribution in [3.8, 4) is 0 Å². The molecule has 30 heavy (non-hydrogen) atoms. The summed E-state index contributed by atoms with van der Waals surface area (Å²) in [4.78, 5) is 35.5. The molecule has 0 aliphatic heterocycles. The third kappa shape index (κ3) is 6.53. The van der Waals surface area contributed by atoms with Crippen LogP contribution in [0.2, 0.25) is 0 Å². The fourth-order valence-corrected chi connectivity index (χ4v) is 3.15. The first-order valence-corrected chi connectivity index (χ1v) is 9.79. The molecule has 1 amide bonds. The average Bonchev–Trinajstić information content (AvgIpc) is 2.73. The van der Waals surface area contributed by atoms with Crippen molar-refractivity contribution in [1.29, 1.82) is 0 Å². The normalized spacial score (nSPS) is 11.4. The van der Waals surface area contributed by atoms with Gasteiger partial charge in [0.1, 0.15) is 5.69 Å². The number of nitro groups is 1. The number of anilines is 1. The van der Waals surface area contributed by atoms with Crippen LogP contribution in [0, 0.1) is 10.1 Å². The van der Waals surface area contributed by atoms with Gasteiger partial charge in [-0.1, -0.05) is 28.1 Å². The molecule has 0 saturated heterocycles. The Morgan fingerprint density at radius 3 is 2.60 bits per heavy atom. The predicted octanol–water partition coefficient (Wildman–Crippen LogP) is 3.45. The van der Waals surface area contributed by atoms with E-state index in [0.717, 1.165) is 4.47 Å². The molecule has 10 heteroatoms. The second kappa shape index (κ2) is 11.3. The van der Waals surface area contributed by atoms with Crippen LogP contribution in [0.4, 0.5) is 11.4 Å². The third-order valence-electron chi connectivity index (χ3n) is 4.23. The molecule has 0 aromatic heterocycles. The van der Waals surface area contributed by atoms with Gasteiger partial charge in [-0.3, -0.25) is 19.7 Å². The van der Waals surface area contributed by atoms with Crippen LogP contribution < -0.4 is 10.6 Å². The number of methoxy groups -OCH3 is 2. The number of hydrogen-bond donors (Lipinski definition) is 2. The molecule has 0 bridgehead atoms. The SMILES string of the molecule is COCCNc1ccc(C(=O)NC(CC(=O)OC)c2cccc(Br)c2)cc1[N+](=O)[O-]. The monoisotopic (exact) mass is 479 g/mol. The van der Waals surface area contributed by atoms with Gasteiger partial charge in [-0.15, -0.1) is 0 Å². The predicted molar refractivity (Wildman–Crippen MR) is 114 cm³/mol. The number of benzene rings is 2. The lowest BCUT2D eigenvalue weighted by Gasteiger charge is -2.19. The molecule has 0 aliphatic rings. The molecule has 160 valence electrons. The number of ether oxygens (including phenoxy) is 2. The Hall–Kier alpha value is -2.98. The van der Waals surface area contributed by atoms with E-state index in [1.165, 1.54) is 32.4 Å². The van der Waals surface area contributed by atoms with Gasteiger partial charge in [-0.25, -0.2) is 0 Å². The molecule has 2 aromatic rings. The minimum atomic E-state index is -0.666. The molecule has 2 rings (SSSR count). The zero-order valence-corrected chi connectivity index (χ0v) is 18.1. The number of carbonyl (C=O) groups excluding carboxylic acids is 2. The number of nitrogens with zero attached hydrogens (tertiary/aromatic N) is 1. The Morgan fingerprint density at radius 2 is 1.97 bits per heavy atom. The smallest absolute Gasteiger partial charge is 0.307 e. The second-order valence-electron chi connectivity index (χ2n) is 6.27. The number of carbonyl (C=O) groups is 2. The topological polar surface area (TPSA) is 120 Å². The van der Waals surface area contributed by atoms with E-state index in [1.54, 1.807) is 18.2 Å². The van der Waals surface area contributed by atoms with Crippen LogP contribution in [0.15, 0.2) is 46.9 Å². The third-order valence-corrected chi connectivity index (χ3v) is 4.73. The Labute approximate surface area is 182 Å². The first-order valence-electron chi connectivity index (χ1n) is 9.00. The van der Waals surface area contributed by atoms with Crippen LogP contribution in [0.5, 0.6) is 0 Å². The van der Waals surface area contributed by atoms with Gasteiger partial charge in [0.05, 0.1) is 31.1 Å². The Kier molecular flexibility index (Phi) is 8.75. The molecule has 0 spiro atoms. The van der Waals surface area contributed by atoms with Crippen molar-refractivity contribution in [2.75, 3.05) is 32.7 Å². The highest BCUT2D eigenvalue weighted by molar-refractivity contribution is 9.10. The van der Waals surface area contributed by atoms with Crippen molar-refractivity contribution in [2.45, 2.75) is 12.5 Å². The quantitative estimate of drug-likeness (QED) is 0.231. The average molecular weight is 480 g/mol. The van der Waals surface area contributed by atoms with E-state index in [4.69, 9.17) is 9.47 Å². The number of halogens is 1. The highest BCUT2D eigenvalue weighted by atomic mass is 79.9. The highest BCUT2D eigenvalue weighted by Crippen LogP contribution is 2.27. The summed E-state index contributed by atoms with van der Waals surface area (Å²) in [5, 5.41) is 17.1. The summed E-state index contributed by atoms with van der Waals surface area (Å²) in [6, 6.07) is 10.6. The molecule has 0 aliphatic carbocycles. The van der Waals surface area contributed by atoms with Crippen LogP contribution >= 0.6 is 15.9 Å². The maximum absolute atomic E-state index is 12.8. The van der Waals surface area contributed by atoms with E-state index in [0.29, 0.717) is 18.7 Å². The van der Waals surface area contributed by atoms with Crippen molar-refractivity contribution < 1.29 is 24.0 Å². The van der Waals surface area contributed by atoms with E-state index < -0.39 is 22.8 Å². The van der Waals surface area contributed by atoms with Gasteiger partial charge in [0.2, 0.25) is 0 Å². The number of nitro benzene ring substituents is 1. The van der Waals surface area contributed by atoms with Crippen LogP contribution in [0.25, 0.3) is 0 Å². The van der Waals surface area contributed by atoms with Crippen LogP contribution in [-0.2, 0) is 14.3 Å². The summed E-state index contributed by atoms with van der Waals surface area (Å²) in [5.41, 5.74) is 0.844. The molecule has 2 N–H and O–H groups in total. The minimum Gasteiger partial charge on any atom is -0.469 e. The van der Waals surface area contributed by atoms with Crippen LogP contribution in [0.3, 0.4) is 0 Å². The van der Waals surface area contributed by atoms with Crippen molar-refractivity contribution in [3.63, 3.8) is 0 Å². The minimum absolute atomic E-state index is 0.0859. The fraction of sp³-hybridized carbons (Fsp3) is 0.300. The molecular weight excluding hydrogens is 458 g/mol. The van der Waals surface area contributed by atoms with Crippen molar-refractivity contribution in [2.24, 2.45) is 0 Å². The van der Waals surface area contributed by atoms with Gasteiger partial charge in [-0.05, 0) is 29.8 Å². The van der Waals surface area contributed by atoms with Crippen molar-refractivity contribution in [1.82, 2.24) is 5.32 Å². The Morgan fingerprint density at radius 1 is 1.20 bits per heavy atom. The lowest BCUT2D eigenvalue weighted by atomic mass is 10.0. The summed E-state index contributed by atoms with van der Waals surface area (Å²) in [5.74, 6) is -1.04. The van der Waals surface area contributed by atoms with E-state index in [-0.39, 0.29) is 23.4 Å². The Balaban J connectivity index is 2.26. The highest BCUT2D eigenvalue weighted by Gasteiger charge is 2.22. The second-order valence-corrected chi connectivity index (χ2v) is 7.19. The molecule has 2 aromatic carbocycles. The van der Waals surface area contributed by atoms with E-state index >= 15 is 0 Å². The maximum atomic E-state index is 12.8. The van der Waals surface area contributed by atoms with Gasteiger partial charge >= 0.3 is 5.97 Å². The molecule has 9 nitrogen and oxygen atoms in total. The standard InChI is InChI=1S/C20H22BrN3O6/c1-29-9-8-22-16-7-6-14(11-18(16)24(27)28)20(26)23-17(12-19(25)30-2)13-4-3-5-15(21)10-13/h3-7,10-11,17,22H,8-9,12H2,1-2H3,(H,23,26). The summed E-state index contributed by atoms with van der Waals surface area (Å²) >= 11 is 3.36. The molecule has 1 unspecified atom stereocenters. The first kappa shape index (κ1) is 23.3. The summed E-state index contributed by atoms with van der Waals surface area (Å²) < 4.78 is 10.4. The number of esters is 1. The van der Waals surface area contributed by atoms with E-state index in [2.05, 4.69) is 26.6 Å². The Bertz CT molecular complexity index is 921. The van der Waals surface area contributed by atoms with Gasteiger partial charge in [-0.2, -0.15) is 0 Å². The van der Waals surface area contributed by atoms with E-state index in [1.807, 2.05) is 6.07 Å². The largest absolute Gasteiger partial charge is 0.469 e. The van der Waals surface area contributed by atoms with Crippen molar-refractivity contribution in [3.05, 3.63) is 68.2 Å². The molecule has 0 fully saturated rings. The maximum Gasteiger partial charge on any atom is 0.307 e. The lowest BCUT2D eigenvalue weighted by Crippen LogP contribution is -2.30. The molecule has 0 saturated carbocycles. The van der Waals surface area contributed by atoms with Gasteiger partial charge < -0.3 is 20.1 Å². The van der Waals surface area contributed by atoms with Crippen LogP contribution in [-0.4, -0.2) is 44.2 Å². The van der Waals surface area contributed by atoms with Gasteiger partial charge in [0.25, 0.3) is 11.6 Å². The number of amides is 1. The summed E-state index contributed by atoms with van der Waals surface area (Å²) in [6.07, 6.45) is -0.0859. The van der Waals surface area contributed by atoms with Crippen LogP contribution in [0.1, 0.15) is 28.4 Å². The summed E-state index contributed by atoms with van der Waals surface area (Å²) in [7, 11) is 2.79. The van der Waals surface area contributed by atoms with E-state index in [9.17, 15) is 19.7 Å². The number of rotatable bonds is 10. The van der Waals surface area contributed by atoms with Gasteiger partial charge in [0, 0.05) is 29.8 Å². The lowest BCUT2D eigenvalue weighted by molar-refractivity contribution is -0.384. The molecule has 0 heterocycles. The summed E-state index contributed by atoms with van der Waals surface area (Å²) in [6.45, 7) is 0.758. The first-order chi connectivity index (χ1) is 14.3. The fourth-order valence-electron chi connectivity index (χ4n) is 2.73. The number of nitrogens with one attached hydrogen (secondary N) is 2. The molecule has 1 atom stereocenters. The molecule has 0 radical (unpaired) electrons. The zero-order valence-electron chi connectivity index (χ0n) is 16.5.